The Bertz CT molecular complexity index is 801. The molecule has 0 aromatic rings. The average molecular weight is 623 g/mol. The topological polar surface area (TPSA) is 105 Å². The van der Waals surface area contributed by atoms with Gasteiger partial charge in [0, 0.05) is 5.57 Å². The van der Waals surface area contributed by atoms with Crippen LogP contribution >= 0.6 is 0 Å². The van der Waals surface area contributed by atoms with Gasteiger partial charge in [-0.1, -0.05) is 90.4 Å². The monoisotopic (exact) mass is 622 g/mol. The van der Waals surface area contributed by atoms with Crippen molar-refractivity contribution in [2.24, 2.45) is 0 Å². The van der Waals surface area contributed by atoms with Crippen LogP contribution in [-0.2, 0) is 19.0 Å². The van der Waals surface area contributed by atoms with Crippen molar-refractivity contribution in [3.05, 3.63) is 11.6 Å². The lowest BCUT2D eigenvalue weighted by molar-refractivity contribution is -0.139. The molecule has 2 saturated heterocycles. The molecule has 0 aliphatic carbocycles. The molecule has 7 nitrogen and oxygen atoms in total. The Kier molecular flexibility index (Phi) is 18.5. The molecule has 0 aromatic heterocycles. The Morgan fingerprint density at radius 3 is 1.68 bits per heavy atom. The summed E-state index contributed by atoms with van der Waals surface area (Å²) in [5.74, 6) is -0.123. The Morgan fingerprint density at radius 1 is 0.659 bits per heavy atom. The van der Waals surface area contributed by atoms with E-state index in [1.165, 1.54) is 64.2 Å². The highest BCUT2D eigenvalue weighted by Crippen LogP contribution is 2.34. The predicted octanol–water partition coefficient (Wildman–Crippen LogP) is 7.86. The largest absolute Gasteiger partial charge is 0.455 e. The van der Waals surface area contributed by atoms with E-state index >= 15 is 0 Å². The second-order valence-electron chi connectivity index (χ2n) is 14.0. The van der Waals surface area contributed by atoms with E-state index in [0.717, 1.165) is 89.0 Å². The lowest BCUT2D eigenvalue weighted by atomic mass is 9.99. The van der Waals surface area contributed by atoms with Gasteiger partial charge in [-0.2, -0.15) is 0 Å². The Labute approximate surface area is 268 Å². The molecule has 44 heavy (non-hydrogen) atoms. The number of carbonyl (C=O) groups is 1. The quantitative estimate of drug-likeness (QED) is 0.0703. The maximum absolute atomic E-state index is 11.6. The van der Waals surface area contributed by atoms with Gasteiger partial charge in [0.05, 0.1) is 42.7 Å². The number of esters is 1. The van der Waals surface area contributed by atoms with E-state index in [9.17, 15) is 20.1 Å². The molecule has 0 unspecified atom stereocenters. The van der Waals surface area contributed by atoms with Crippen molar-refractivity contribution < 1.29 is 34.3 Å². The highest BCUT2D eigenvalue weighted by molar-refractivity contribution is 5.90. The molecule has 3 aliphatic rings. The zero-order chi connectivity index (χ0) is 31.6. The lowest BCUT2D eigenvalue weighted by Gasteiger charge is -2.24. The molecule has 3 heterocycles. The van der Waals surface area contributed by atoms with Gasteiger partial charge in [-0.25, -0.2) is 4.79 Å². The molecule has 0 spiro atoms. The van der Waals surface area contributed by atoms with E-state index in [4.69, 9.17) is 14.2 Å². The SMILES string of the molecule is CCCCCC[C@@H](O)CCC[C@H](O)[C@H]1CC[C@H]([C@H]2CC[C@H]([C@@H](O)CCCCCCCCCCCCC3=C[C@H](C)OC3=O)O2)O1. The number of aliphatic hydroxyl groups is 3. The first-order valence-corrected chi connectivity index (χ1v) is 18.6. The van der Waals surface area contributed by atoms with E-state index in [1.807, 2.05) is 13.0 Å². The Balaban J connectivity index is 1.13. The first kappa shape index (κ1) is 37.5. The maximum Gasteiger partial charge on any atom is 0.334 e. The summed E-state index contributed by atoms with van der Waals surface area (Å²) in [4.78, 5) is 11.6. The molecule has 0 saturated carbocycles. The number of aliphatic hydroxyl groups excluding tert-OH is 3. The molecule has 2 fully saturated rings. The first-order valence-electron chi connectivity index (χ1n) is 18.6. The highest BCUT2D eigenvalue weighted by atomic mass is 16.6. The molecular formula is C37H66O7. The molecule has 256 valence electrons. The van der Waals surface area contributed by atoms with Crippen LogP contribution in [0.4, 0.5) is 0 Å². The summed E-state index contributed by atoms with van der Waals surface area (Å²) in [6.07, 6.45) is 25.7. The van der Waals surface area contributed by atoms with E-state index in [-0.39, 0.29) is 42.6 Å². The van der Waals surface area contributed by atoms with Gasteiger partial charge >= 0.3 is 5.97 Å². The van der Waals surface area contributed by atoms with Gasteiger partial charge in [0.1, 0.15) is 6.10 Å². The normalized spacial score (nSPS) is 27.4. The van der Waals surface area contributed by atoms with Crippen molar-refractivity contribution in [3.63, 3.8) is 0 Å². The average Bonchev–Trinajstić information content (AvgIpc) is 3.76. The Morgan fingerprint density at radius 2 is 1.14 bits per heavy atom. The van der Waals surface area contributed by atoms with Crippen LogP contribution in [0.5, 0.6) is 0 Å². The third kappa shape index (κ3) is 14.2. The van der Waals surface area contributed by atoms with Crippen LogP contribution in [0.3, 0.4) is 0 Å². The van der Waals surface area contributed by atoms with Crippen molar-refractivity contribution in [1.29, 1.82) is 0 Å². The minimum absolute atomic E-state index is 0.0170. The third-order valence-electron chi connectivity index (χ3n) is 10.1. The van der Waals surface area contributed by atoms with Crippen LogP contribution in [-0.4, -0.2) is 70.1 Å². The fourth-order valence-corrected chi connectivity index (χ4v) is 7.28. The molecule has 0 radical (unpaired) electrons. The number of rotatable bonds is 25. The van der Waals surface area contributed by atoms with Gasteiger partial charge in [-0.15, -0.1) is 0 Å². The van der Waals surface area contributed by atoms with Crippen molar-refractivity contribution in [2.45, 2.75) is 217 Å². The van der Waals surface area contributed by atoms with Crippen molar-refractivity contribution in [1.82, 2.24) is 0 Å². The summed E-state index contributed by atoms with van der Waals surface area (Å²) in [5.41, 5.74) is 0.863. The smallest absolute Gasteiger partial charge is 0.334 e. The van der Waals surface area contributed by atoms with Crippen LogP contribution in [0, 0.1) is 0 Å². The second kappa shape index (κ2) is 21.7. The molecular weight excluding hydrogens is 556 g/mol. The van der Waals surface area contributed by atoms with E-state index in [0.29, 0.717) is 6.42 Å². The molecule has 8 atom stereocenters. The zero-order valence-corrected chi connectivity index (χ0v) is 28.1. The van der Waals surface area contributed by atoms with Crippen LogP contribution in [0.25, 0.3) is 0 Å². The molecule has 3 N–H and O–H groups in total. The minimum Gasteiger partial charge on any atom is -0.455 e. The van der Waals surface area contributed by atoms with Crippen LogP contribution in [0.2, 0.25) is 0 Å². The van der Waals surface area contributed by atoms with Gasteiger partial charge in [0.2, 0.25) is 0 Å². The molecule has 7 heteroatoms. The summed E-state index contributed by atoms with van der Waals surface area (Å²) in [5, 5.41) is 31.6. The number of unbranched alkanes of at least 4 members (excludes halogenated alkanes) is 12. The van der Waals surface area contributed by atoms with Crippen LogP contribution in [0.1, 0.15) is 168 Å². The molecule has 0 amide bonds. The number of carbonyl (C=O) groups excluding carboxylic acids is 1. The first-order chi connectivity index (χ1) is 21.4. The van der Waals surface area contributed by atoms with Crippen LogP contribution in [0.15, 0.2) is 11.6 Å². The van der Waals surface area contributed by atoms with Gasteiger partial charge in [-0.05, 0) is 83.6 Å². The molecule has 0 aromatic carbocycles. The fourth-order valence-electron chi connectivity index (χ4n) is 7.28. The van der Waals surface area contributed by atoms with Crippen molar-refractivity contribution >= 4 is 5.97 Å². The summed E-state index contributed by atoms with van der Waals surface area (Å²) >= 11 is 0. The van der Waals surface area contributed by atoms with E-state index in [2.05, 4.69) is 6.92 Å². The third-order valence-corrected chi connectivity index (χ3v) is 10.1. The van der Waals surface area contributed by atoms with Gasteiger partial charge in [0.15, 0.2) is 0 Å². The van der Waals surface area contributed by atoms with Gasteiger partial charge in [0.25, 0.3) is 0 Å². The second-order valence-corrected chi connectivity index (χ2v) is 14.0. The number of hydrogen-bond acceptors (Lipinski definition) is 7. The number of hydrogen-bond donors (Lipinski definition) is 3. The number of ether oxygens (including phenoxy) is 3. The molecule has 3 aliphatic heterocycles. The van der Waals surface area contributed by atoms with E-state index < -0.39 is 12.2 Å². The van der Waals surface area contributed by atoms with Gasteiger partial charge in [-0.3, -0.25) is 0 Å². The van der Waals surface area contributed by atoms with Crippen molar-refractivity contribution in [3.8, 4) is 0 Å². The fraction of sp³-hybridized carbons (Fsp3) is 0.919. The van der Waals surface area contributed by atoms with Gasteiger partial charge < -0.3 is 29.5 Å². The minimum atomic E-state index is -0.479. The van der Waals surface area contributed by atoms with Crippen LogP contribution < -0.4 is 0 Å². The Hall–Kier alpha value is -0.990. The highest BCUT2D eigenvalue weighted by Gasteiger charge is 2.40. The lowest BCUT2D eigenvalue weighted by Crippen LogP contribution is -2.33. The molecule has 0 bridgehead atoms. The summed E-state index contributed by atoms with van der Waals surface area (Å²) in [6.45, 7) is 4.11. The number of cyclic esters (lactones) is 1. The molecule has 3 rings (SSSR count). The zero-order valence-electron chi connectivity index (χ0n) is 28.1. The maximum atomic E-state index is 11.6. The van der Waals surface area contributed by atoms with Crippen molar-refractivity contribution in [2.75, 3.05) is 0 Å². The predicted molar refractivity (Wildman–Crippen MR) is 175 cm³/mol. The summed E-state index contributed by atoms with van der Waals surface area (Å²) < 4.78 is 17.7. The summed E-state index contributed by atoms with van der Waals surface area (Å²) in [7, 11) is 0. The standard InChI is InChI=1S/C37H66O7/c1-3-4-5-15-19-30(38)20-17-22-32(40)34-24-26-36(44-34)35-25-23-33(43-35)31(39)21-16-13-11-9-7-6-8-10-12-14-18-29-27-28(2)42-37(29)41/h27-28,30-36,38-40H,3-26H2,1-2H3/t28-,30+,31-,32-,33+,34+,35+,36+/m0/s1. The summed E-state index contributed by atoms with van der Waals surface area (Å²) in [6, 6.07) is 0. The van der Waals surface area contributed by atoms with E-state index in [1.54, 1.807) is 0 Å².